The van der Waals surface area contributed by atoms with Gasteiger partial charge in [-0.2, -0.15) is 0 Å². The fourth-order valence-electron chi connectivity index (χ4n) is 1.30. The fraction of sp³-hybridized carbons (Fsp3) is 0.0833. The summed E-state index contributed by atoms with van der Waals surface area (Å²) in [6.45, 7) is 1.85. The molecule has 0 fully saturated rings. The number of hydrogen-bond donors (Lipinski definition) is 2. The standard InChI is InChI=1S/C12H10ClN3O2S/c1-7-2-3-8(6-9(7)13)15-10(17)11(18)16-12-14-4-5-19-12/h2-6H,1H3,(H,15,17)(H,14,16,18). The lowest BCUT2D eigenvalue weighted by atomic mass is 10.2. The highest BCUT2D eigenvalue weighted by atomic mass is 35.5. The molecule has 0 atom stereocenters. The molecule has 0 aliphatic carbocycles. The van der Waals surface area contributed by atoms with Crippen molar-refractivity contribution in [3.05, 3.63) is 40.4 Å². The third kappa shape index (κ3) is 3.52. The van der Waals surface area contributed by atoms with Crippen molar-refractivity contribution in [3.8, 4) is 0 Å². The summed E-state index contributed by atoms with van der Waals surface area (Å²) in [5.74, 6) is -1.54. The van der Waals surface area contributed by atoms with Crippen molar-refractivity contribution >= 4 is 45.6 Å². The van der Waals surface area contributed by atoms with E-state index in [1.54, 1.807) is 23.6 Å². The van der Waals surface area contributed by atoms with E-state index in [4.69, 9.17) is 11.6 Å². The van der Waals surface area contributed by atoms with E-state index in [9.17, 15) is 9.59 Å². The van der Waals surface area contributed by atoms with E-state index in [0.29, 0.717) is 15.8 Å². The van der Waals surface area contributed by atoms with Crippen LogP contribution in [0.5, 0.6) is 0 Å². The van der Waals surface area contributed by atoms with Crippen molar-refractivity contribution in [2.45, 2.75) is 6.92 Å². The van der Waals surface area contributed by atoms with E-state index >= 15 is 0 Å². The Labute approximate surface area is 118 Å². The molecule has 1 aromatic carbocycles. The number of nitrogens with zero attached hydrogens (tertiary/aromatic N) is 1. The summed E-state index contributed by atoms with van der Waals surface area (Å²) in [4.78, 5) is 27.1. The zero-order valence-electron chi connectivity index (χ0n) is 9.94. The average molecular weight is 296 g/mol. The molecule has 0 radical (unpaired) electrons. The maximum atomic E-state index is 11.6. The quantitative estimate of drug-likeness (QED) is 0.837. The lowest BCUT2D eigenvalue weighted by Gasteiger charge is -2.06. The first-order chi connectivity index (χ1) is 9.06. The number of anilines is 2. The number of aryl methyl sites for hydroxylation is 1. The van der Waals surface area contributed by atoms with Gasteiger partial charge in [-0.3, -0.25) is 14.9 Å². The number of carbonyl (C=O) groups excluding carboxylic acids is 2. The highest BCUT2D eigenvalue weighted by Gasteiger charge is 2.15. The van der Waals surface area contributed by atoms with Gasteiger partial charge in [0.25, 0.3) is 0 Å². The minimum Gasteiger partial charge on any atom is -0.318 e. The molecular weight excluding hydrogens is 286 g/mol. The molecule has 1 heterocycles. The predicted octanol–water partition coefficient (Wildman–Crippen LogP) is 2.68. The van der Waals surface area contributed by atoms with Crippen molar-refractivity contribution in [3.63, 3.8) is 0 Å². The van der Waals surface area contributed by atoms with Crippen molar-refractivity contribution < 1.29 is 9.59 Å². The summed E-state index contributed by atoms with van der Waals surface area (Å²) in [5, 5.41) is 7.46. The van der Waals surface area contributed by atoms with E-state index in [-0.39, 0.29) is 0 Å². The number of carbonyl (C=O) groups is 2. The second-order valence-corrected chi connectivity index (χ2v) is 5.01. The zero-order valence-corrected chi connectivity index (χ0v) is 11.5. The van der Waals surface area contributed by atoms with Crippen molar-refractivity contribution in [1.29, 1.82) is 0 Å². The van der Waals surface area contributed by atoms with Crippen LogP contribution in [0.15, 0.2) is 29.8 Å². The number of amides is 2. The predicted molar refractivity (Wildman–Crippen MR) is 75.6 cm³/mol. The van der Waals surface area contributed by atoms with Crippen LogP contribution in [0.3, 0.4) is 0 Å². The Bertz CT molecular complexity index is 613. The summed E-state index contributed by atoms with van der Waals surface area (Å²) < 4.78 is 0. The van der Waals surface area contributed by atoms with Crippen LogP contribution in [0.2, 0.25) is 5.02 Å². The molecule has 0 aliphatic heterocycles. The molecule has 5 nitrogen and oxygen atoms in total. The van der Waals surface area contributed by atoms with E-state index in [1.807, 2.05) is 6.92 Å². The molecule has 2 N–H and O–H groups in total. The molecule has 1 aromatic heterocycles. The summed E-state index contributed by atoms with van der Waals surface area (Å²) in [6.07, 6.45) is 1.54. The van der Waals surface area contributed by atoms with Gasteiger partial charge < -0.3 is 5.32 Å². The van der Waals surface area contributed by atoms with Gasteiger partial charge in [-0.25, -0.2) is 4.98 Å². The lowest BCUT2D eigenvalue weighted by Crippen LogP contribution is -2.29. The van der Waals surface area contributed by atoms with Gasteiger partial charge in [0, 0.05) is 22.3 Å². The smallest absolute Gasteiger partial charge is 0.315 e. The van der Waals surface area contributed by atoms with Crippen LogP contribution < -0.4 is 10.6 Å². The van der Waals surface area contributed by atoms with Gasteiger partial charge >= 0.3 is 11.8 Å². The van der Waals surface area contributed by atoms with Crippen LogP contribution in [0.1, 0.15) is 5.56 Å². The Morgan fingerprint density at radius 1 is 1.26 bits per heavy atom. The van der Waals surface area contributed by atoms with Crippen LogP contribution in [0.25, 0.3) is 0 Å². The van der Waals surface area contributed by atoms with Crippen LogP contribution >= 0.6 is 22.9 Å². The van der Waals surface area contributed by atoms with E-state index in [1.165, 1.54) is 17.5 Å². The Morgan fingerprint density at radius 3 is 2.63 bits per heavy atom. The maximum absolute atomic E-state index is 11.6. The number of aromatic nitrogens is 1. The Hall–Kier alpha value is -1.92. The number of rotatable bonds is 2. The Balaban J connectivity index is 2.00. The molecule has 0 aliphatic rings. The highest BCUT2D eigenvalue weighted by Crippen LogP contribution is 2.20. The monoisotopic (exact) mass is 295 g/mol. The van der Waals surface area contributed by atoms with Crippen LogP contribution in [-0.2, 0) is 9.59 Å². The summed E-state index contributed by atoms with van der Waals surface area (Å²) >= 11 is 7.17. The maximum Gasteiger partial charge on any atom is 0.315 e. The summed E-state index contributed by atoms with van der Waals surface area (Å²) in [5.41, 5.74) is 1.36. The number of thiazole rings is 1. The Kier molecular flexibility index (Phi) is 4.13. The molecule has 2 aromatic rings. The van der Waals surface area contributed by atoms with Crippen molar-refractivity contribution in [1.82, 2.24) is 4.98 Å². The molecule has 7 heteroatoms. The summed E-state index contributed by atoms with van der Waals surface area (Å²) in [7, 11) is 0. The van der Waals surface area contributed by atoms with Crippen LogP contribution in [0, 0.1) is 6.92 Å². The van der Waals surface area contributed by atoms with Gasteiger partial charge in [-0.15, -0.1) is 11.3 Å². The average Bonchev–Trinajstić information content (AvgIpc) is 2.86. The molecule has 2 rings (SSSR count). The van der Waals surface area contributed by atoms with Crippen LogP contribution in [-0.4, -0.2) is 16.8 Å². The van der Waals surface area contributed by atoms with Crippen molar-refractivity contribution in [2.75, 3.05) is 10.6 Å². The van der Waals surface area contributed by atoms with Gasteiger partial charge in [0.1, 0.15) is 0 Å². The first-order valence-electron chi connectivity index (χ1n) is 5.34. The lowest BCUT2D eigenvalue weighted by molar-refractivity contribution is -0.132. The molecule has 0 saturated carbocycles. The summed E-state index contributed by atoms with van der Waals surface area (Å²) in [6, 6.07) is 5.03. The topological polar surface area (TPSA) is 71.1 Å². The molecule has 0 saturated heterocycles. The molecular formula is C12H10ClN3O2S. The Morgan fingerprint density at radius 2 is 2.00 bits per heavy atom. The van der Waals surface area contributed by atoms with Gasteiger partial charge in [0.2, 0.25) is 0 Å². The SMILES string of the molecule is Cc1ccc(NC(=O)C(=O)Nc2nccs2)cc1Cl. The van der Waals surface area contributed by atoms with E-state index in [2.05, 4.69) is 15.6 Å². The zero-order chi connectivity index (χ0) is 13.8. The first-order valence-corrected chi connectivity index (χ1v) is 6.60. The van der Waals surface area contributed by atoms with Gasteiger partial charge in [-0.1, -0.05) is 17.7 Å². The molecule has 2 amide bonds. The molecule has 0 spiro atoms. The number of nitrogens with one attached hydrogen (secondary N) is 2. The third-order valence-corrected chi connectivity index (χ3v) is 3.38. The van der Waals surface area contributed by atoms with Gasteiger partial charge in [0.05, 0.1) is 0 Å². The van der Waals surface area contributed by atoms with Gasteiger partial charge in [-0.05, 0) is 24.6 Å². The molecule has 0 bridgehead atoms. The van der Waals surface area contributed by atoms with Gasteiger partial charge in [0.15, 0.2) is 5.13 Å². The second kappa shape index (κ2) is 5.81. The second-order valence-electron chi connectivity index (χ2n) is 3.71. The van der Waals surface area contributed by atoms with E-state index in [0.717, 1.165) is 5.56 Å². The highest BCUT2D eigenvalue weighted by molar-refractivity contribution is 7.13. The van der Waals surface area contributed by atoms with E-state index < -0.39 is 11.8 Å². The normalized spacial score (nSPS) is 10.0. The first kappa shape index (κ1) is 13.5. The molecule has 19 heavy (non-hydrogen) atoms. The number of hydrogen-bond acceptors (Lipinski definition) is 4. The van der Waals surface area contributed by atoms with Crippen LogP contribution in [0.4, 0.5) is 10.8 Å². The largest absolute Gasteiger partial charge is 0.318 e. The van der Waals surface area contributed by atoms with Crippen molar-refractivity contribution in [2.24, 2.45) is 0 Å². The minimum absolute atomic E-state index is 0.377. The fourth-order valence-corrected chi connectivity index (χ4v) is 2.00. The molecule has 98 valence electrons. The minimum atomic E-state index is -0.772. The molecule has 0 unspecified atom stereocenters. The number of halogens is 1. The number of benzene rings is 1. The third-order valence-electron chi connectivity index (χ3n) is 2.29.